The lowest BCUT2D eigenvalue weighted by atomic mass is 9.83. The minimum absolute atomic E-state index is 0.110. The van der Waals surface area contributed by atoms with Gasteiger partial charge in [0.1, 0.15) is 17.3 Å². The summed E-state index contributed by atoms with van der Waals surface area (Å²) in [6, 6.07) is 8.70. The predicted octanol–water partition coefficient (Wildman–Crippen LogP) is 4.26. The van der Waals surface area contributed by atoms with E-state index in [4.69, 9.17) is 4.74 Å². The second-order valence-electron chi connectivity index (χ2n) is 6.07. The Hall–Kier alpha value is -2.41. The van der Waals surface area contributed by atoms with Crippen LogP contribution in [-0.2, 0) is 9.59 Å². The van der Waals surface area contributed by atoms with Crippen molar-refractivity contribution in [1.29, 1.82) is 0 Å². The highest BCUT2D eigenvalue weighted by molar-refractivity contribution is 9.10. The highest BCUT2D eigenvalue weighted by Gasteiger charge is 2.45. The molecular formula is C18H13BrFNO4. The Balaban J connectivity index is 2.03. The van der Waals surface area contributed by atoms with E-state index >= 15 is 0 Å². The maximum atomic E-state index is 13.9. The molecule has 0 unspecified atom stereocenters. The molecule has 2 atom stereocenters. The molecule has 2 heterocycles. The van der Waals surface area contributed by atoms with Gasteiger partial charge in [-0.05, 0) is 34.5 Å². The zero-order valence-corrected chi connectivity index (χ0v) is 14.5. The molecule has 5 nitrogen and oxygen atoms in total. The van der Waals surface area contributed by atoms with Gasteiger partial charge in [-0.25, -0.2) is 4.39 Å². The number of piperidine rings is 1. The van der Waals surface area contributed by atoms with Gasteiger partial charge in [0.05, 0.1) is 12.0 Å². The van der Waals surface area contributed by atoms with Crippen molar-refractivity contribution in [2.75, 3.05) is 4.90 Å². The minimum atomic E-state index is -0.973. The summed E-state index contributed by atoms with van der Waals surface area (Å²) in [5, 5.41) is 9.69. The van der Waals surface area contributed by atoms with Crippen LogP contribution in [0.2, 0.25) is 0 Å². The molecule has 1 amide bonds. The monoisotopic (exact) mass is 405 g/mol. The van der Waals surface area contributed by atoms with Crippen molar-refractivity contribution in [3.63, 3.8) is 0 Å². The van der Waals surface area contributed by atoms with E-state index in [-0.39, 0.29) is 24.5 Å². The first kappa shape index (κ1) is 16.1. The minimum Gasteiger partial charge on any atom is -0.481 e. The Morgan fingerprint density at radius 3 is 2.80 bits per heavy atom. The first-order valence-electron chi connectivity index (χ1n) is 7.78. The molecular weight excluding hydrogens is 393 g/mol. The number of hydrogen-bond donors (Lipinski definition) is 1. The van der Waals surface area contributed by atoms with Crippen molar-refractivity contribution < 1.29 is 23.8 Å². The van der Waals surface area contributed by atoms with Gasteiger partial charge in [-0.3, -0.25) is 14.5 Å². The standard InChI is InChI=1S/C18H13BrFNO4/c19-12-7-9(20)8-14-17(12)21-15(22)6-5-11(18(23)24)16(21)10-3-1-2-4-13(10)25-14/h1-4,7-8,11,16H,5-6H2,(H,23,24)/t11-,16+/m1/s1. The van der Waals surface area contributed by atoms with Gasteiger partial charge in [-0.15, -0.1) is 0 Å². The van der Waals surface area contributed by atoms with Gasteiger partial charge in [0.2, 0.25) is 5.91 Å². The number of carbonyl (C=O) groups excluding carboxylic acids is 1. The van der Waals surface area contributed by atoms with Gasteiger partial charge in [-0.1, -0.05) is 18.2 Å². The summed E-state index contributed by atoms with van der Waals surface area (Å²) < 4.78 is 20.1. The largest absolute Gasteiger partial charge is 0.481 e. The molecule has 0 aliphatic carbocycles. The second kappa shape index (κ2) is 5.84. The van der Waals surface area contributed by atoms with Gasteiger partial charge in [0.25, 0.3) is 0 Å². The van der Waals surface area contributed by atoms with Crippen molar-refractivity contribution in [2.24, 2.45) is 5.92 Å². The first-order valence-corrected chi connectivity index (χ1v) is 8.57. The van der Waals surface area contributed by atoms with Crippen LogP contribution in [0.1, 0.15) is 24.4 Å². The first-order chi connectivity index (χ1) is 12.0. The highest BCUT2D eigenvalue weighted by Crippen LogP contribution is 2.52. The topological polar surface area (TPSA) is 66.8 Å². The Kier molecular flexibility index (Phi) is 3.76. The number of hydrogen-bond acceptors (Lipinski definition) is 3. The van der Waals surface area contributed by atoms with Gasteiger partial charge in [0.15, 0.2) is 5.75 Å². The summed E-state index contributed by atoms with van der Waals surface area (Å²) in [6.07, 6.45) is 0.358. The summed E-state index contributed by atoms with van der Waals surface area (Å²) >= 11 is 3.30. The van der Waals surface area contributed by atoms with Gasteiger partial charge >= 0.3 is 5.97 Å². The van der Waals surface area contributed by atoms with Crippen molar-refractivity contribution in [3.05, 3.63) is 52.3 Å². The highest BCUT2D eigenvalue weighted by atomic mass is 79.9. The average molecular weight is 406 g/mol. The van der Waals surface area contributed by atoms with Crippen LogP contribution in [0.15, 0.2) is 40.9 Å². The van der Waals surface area contributed by atoms with Crippen molar-refractivity contribution in [3.8, 4) is 11.5 Å². The van der Waals surface area contributed by atoms with E-state index in [0.717, 1.165) is 0 Å². The Bertz CT molecular complexity index is 901. The van der Waals surface area contributed by atoms with Crippen LogP contribution in [0.5, 0.6) is 11.5 Å². The second-order valence-corrected chi connectivity index (χ2v) is 6.92. The normalized spacial score (nSPS) is 21.5. The fourth-order valence-corrected chi connectivity index (χ4v) is 4.17. The summed E-state index contributed by atoms with van der Waals surface area (Å²) in [5.41, 5.74) is 0.963. The Morgan fingerprint density at radius 2 is 2.04 bits per heavy atom. The summed E-state index contributed by atoms with van der Waals surface area (Å²) in [4.78, 5) is 26.0. The van der Waals surface area contributed by atoms with Crippen LogP contribution in [0, 0.1) is 11.7 Å². The maximum Gasteiger partial charge on any atom is 0.308 e. The predicted molar refractivity (Wildman–Crippen MR) is 91.2 cm³/mol. The zero-order valence-electron chi connectivity index (χ0n) is 12.9. The van der Waals surface area contributed by atoms with Gasteiger partial charge in [-0.2, -0.15) is 0 Å². The lowest BCUT2D eigenvalue weighted by molar-refractivity contribution is -0.144. The SMILES string of the molecule is O=C(O)[C@@H]1CCC(=O)N2c3c(Br)cc(F)cc3Oc3ccccc3[C@@H]12. The number of para-hydroxylation sites is 1. The van der Waals surface area contributed by atoms with Crippen LogP contribution in [0.3, 0.4) is 0 Å². The van der Waals surface area contributed by atoms with Gasteiger partial charge < -0.3 is 9.84 Å². The van der Waals surface area contributed by atoms with Crippen LogP contribution < -0.4 is 9.64 Å². The number of halogens is 2. The van der Waals surface area contributed by atoms with Crippen molar-refractivity contribution in [2.45, 2.75) is 18.9 Å². The van der Waals surface area contributed by atoms with Crippen LogP contribution >= 0.6 is 15.9 Å². The third-order valence-corrected chi connectivity index (χ3v) is 5.21. The Morgan fingerprint density at radius 1 is 1.28 bits per heavy atom. The van der Waals surface area contributed by atoms with E-state index in [1.165, 1.54) is 17.0 Å². The molecule has 0 bridgehead atoms. The van der Waals surface area contributed by atoms with E-state index in [2.05, 4.69) is 15.9 Å². The molecule has 0 spiro atoms. The molecule has 2 aliphatic heterocycles. The Labute approximate surface area is 151 Å². The number of rotatable bonds is 1. The summed E-state index contributed by atoms with van der Waals surface area (Å²) in [5.74, 6) is -1.86. The van der Waals surface area contributed by atoms with Crippen LogP contribution in [0.4, 0.5) is 10.1 Å². The number of carboxylic acid groups (broad SMARTS) is 1. The number of carbonyl (C=O) groups is 2. The molecule has 25 heavy (non-hydrogen) atoms. The fraction of sp³-hybridized carbons (Fsp3) is 0.222. The smallest absolute Gasteiger partial charge is 0.308 e. The zero-order chi connectivity index (χ0) is 17.7. The molecule has 2 aliphatic rings. The number of anilines is 1. The van der Waals surface area contributed by atoms with E-state index in [1.807, 2.05) is 0 Å². The van der Waals surface area contributed by atoms with E-state index in [0.29, 0.717) is 21.5 Å². The van der Waals surface area contributed by atoms with Crippen LogP contribution in [-0.4, -0.2) is 17.0 Å². The number of nitrogens with zero attached hydrogens (tertiary/aromatic N) is 1. The average Bonchev–Trinajstić information content (AvgIpc) is 2.70. The number of amides is 1. The molecule has 2 aromatic carbocycles. The fourth-order valence-electron chi connectivity index (χ4n) is 3.56. The molecule has 0 radical (unpaired) electrons. The van der Waals surface area contributed by atoms with E-state index in [9.17, 15) is 19.1 Å². The molecule has 1 fully saturated rings. The summed E-state index contributed by atoms with van der Waals surface area (Å²) in [7, 11) is 0. The number of aliphatic carboxylic acids is 1. The van der Waals surface area contributed by atoms with E-state index in [1.54, 1.807) is 24.3 Å². The number of benzene rings is 2. The number of fused-ring (bicyclic) bond motifs is 5. The molecule has 4 rings (SSSR count). The van der Waals surface area contributed by atoms with Crippen molar-refractivity contribution in [1.82, 2.24) is 0 Å². The van der Waals surface area contributed by atoms with Crippen LogP contribution in [0.25, 0.3) is 0 Å². The maximum absolute atomic E-state index is 13.9. The molecule has 128 valence electrons. The van der Waals surface area contributed by atoms with E-state index < -0.39 is 23.7 Å². The molecule has 7 heteroatoms. The quantitative estimate of drug-likeness (QED) is 0.769. The number of ether oxygens (including phenoxy) is 1. The molecule has 1 N–H and O–H groups in total. The lowest BCUT2D eigenvalue weighted by Gasteiger charge is -2.39. The molecule has 1 saturated heterocycles. The number of carboxylic acids is 1. The summed E-state index contributed by atoms with van der Waals surface area (Å²) in [6.45, 7) is 0. The molecule has 0 aromatic heterocycles. The van der Waals surface area contributed by atoms with Gasteiger partial charge in [0, 0.05) is 22.5 Å². The third-order valence-electron chi connectivity index (χ3n) is 4.61. The lowest BCUT2D eigenvalue weighted by Crippen LogP contribution is -2.45. The molecule has 0 saturated carbocycles. The molecule has 2 aromatic rings. The van der Waals surface area contributed by atoms with Crippen molar-refractivity contribution >= 4 is 33.5 Å². The third kappa shape index (κ3) is 2.50.